The molecule has 0 unspecified atom stereocenters. The van der Waals surface area contributed by atoms with Gasteiger partial charge in [-0.05, 0) is 65.6 Å². The first-order chi connectivity index (χ1) is 18.6. The summed E-state index contributed by atoms with van der Waals surface area (Å²) < 4.78 is 11.3. The highest BCUT2D eigenvalue weighted by atomic mass is 16.6. The fourth-order valence-electron chi connectivity index (χ4n) is 4.48. The maximum absolute atomic E-state index is 13.3. The Morgan fingerprint density at radius 3 is 2.08 bits per heavy atom. The summed E-state index contributed by atoms with van der Waals surface area (Å²) in [6.07, 6.45) is 3.61. The van der Waals surface area contributed by atoms with Crippen molar-refractivity contribution in [2.24, 2.45) is 0 Å². The highest BCUT2D eigenvalue weighted by molar-refractivity contribution is 5.97. The number of methoxy groups -OCH3 is 1. The standard InChI is InChI=1S/C32H28N2O4/c1-37-30-22-24(17-19-31(35)33-21-20-25-10-8-9-11-26(25)23-33)16-18-29(30)38-32(36)34(27-12-4-2-5-13-27)28-14-6-3-7-15-28/h2-19,22H,20-21,23H2,1H3/b19-17+. The van der Waals surface area contributed by atoms with Gasteiger partial charge in [-0.3, -0.25) is 4.79 Å². The molecule has 5 rings (SSSR count). The number of hydrogen-bond donors (Lipinski definition) is 0. The Bertz CT molecular complexity index is 1410. The molecule has 190 valence electrons. The van der Waals surface area contributed by atoms with Gasteiger partial charge in [0.05, 0.1) is 18.5 Å². The number of ether oxygens (including phenoxy) is 2. The first kappa shape index (κ1) is 24.8. The van der Waals surface area contributed by atoms with E-state index < -0.39 is 6.09 Å². The van der Waals surface area contributed by atoms with E-state index in [1.54, 1.807) is 30.4 Å². The Labute approximate surface area is 222 Å². The van der Waals surface area contributed by atoms with Crippen molar-refractivity contribution in [3.05, 3.63) is 126 Å². The number of rotatable bonds is 6. The largest absolute Gasteiger partial charge is 0.493 e. The predicted molar refractivity (Wildman–Crippen MR) is 149 cm³/mol. The van der Waals surface area contributed by atoms with E-state index in [0.29, 0.717) is 30.2 Å². The molecule has 2 amide bonds. The van der Waals surface area contributed by atoms with Crippen LogP contribution in [0.1, 0.15) is 16.7 Å². The Morgan fingerprint density at radius 2 is 1.42 bits per heavy atom. The van der Waals surface area contributed by atoms with E-state index in [1.165, 1.54) is 23.1 Å². The lowest BCUT2D eigenvalue weighted by atomic mass is 10.00. The van der Waals surface area contributed by atoms with Crippen LogP contribution in [-0.4, -0.2) is 30.6 Å². The quantitative estimate of drug-likeness (QED) is 0.277. The minimum Gasteiger partial charge on any atom is -0.493 e. The number of carbonyl (C=O) groups excluding carboxylic acids is 2. The first-order valence-electron chi connectivity index (χ1n) is 12.5. The lowest BCUT2D eigenvalue weighted by Crippen LogP contribution is -2.34. The lowest BCUT2D eigenvalue weighted by molar-refractivity contribution is -0.126. The van der Waals surface area contributed by atoms with Gasteiger partial charge in [-0.1, -0.05) is 66.7 Å². The number of hydrogen-bond acceptors (Lipinski definition) is 4. The predicted octanol–water partition coefficient (Wildman–Crippen LogP) is 6.63. The third-order valence-corrected chi connectivity index (χ3v) is 6.46. The van der Waals surface area contributed by atoms with E-state index in [2.05, 4.69) is 12.1 Å². The first-order valence-corrected chi connectivity index (χ1v) is 12.5. The fourth-order valence-corrected chi connectivity index (χ4v) is 4.48. The number of carbonyl (C=O) groups is 2. The van der Waals surface area contributed by atoms with Crippen molar-refractivity contribution < 1.29 is 19.1 Å². The highest BCUT2D eigenvalue weighted by Gasteiger charge is 2.22. The molecule has 1 heterocycles. The molecule has 0 aliphatic carbocycles. The van der Waals surface area contributed by atoms with Crippen LogP contribution in [0, 0.1) is 0 Å². The van der Waals surface area contributed by atoms with Gasteiger partial charge in [-0.15, -0.1) is 0 Å². The summed E-state index contributed by atoms with van der Waals surface area (Å²) in [6, 6.07) is 32.0. The number of para-hydroxylation sites is 2. The van der Waals surface area contributed by atoms with E-state index in [0.717, 1.165) is 12.0 Å². The average molecular weight is 505 g/mol. The van der Waals surface area contributed by atoms with Crippen molar-refractivity contribution in [2.45, 2.75) is 13.0 Å². The molecule has 0 spiro atoms. The van der Waals surface area contributed by atoms with Crippen LogP contribution in [-0.2, 0) is 17.8 Å². The molecule has 0 saturated heterocycles. The number of benzene rings is 4. The molecular weight excluding hydrogens is 476 g/mol. The van der Waals surface area contributed by atoms with Gasteiger partial charge in [0.25, 0.3) is 0 Å². The fraction of sp³-hybridized carbons (Fsp3) is 0.125. The Hall–Kier alpha value is -4.84. The second-order valence-electron chi connectivity index (χ2n) is 8.90. The molecule has 1 aliphatic rings. The Kier molecular flexibility index (Phi) is 7.50. The van der Waals surface area contributed by atoms with E-state index >= 15 is 0 Å². The molecule has 0 atom stereocenters. The molecule has 0 radical (unpaired) electrons. The minimum atomic E-state index is -0.565. The van der Waals surface area contributed by atoms with Crippen LogP contribution < -0.4 is 14.4 Å². The summed E-state index contributed by atoms with van der Waals surface area (Å²) in [7, 11) is 1.52. The molecule has 38 heavy (non-hydrogen) atoms. The van der Waals surface area contributed by atoms with Crippen molar-refractivity contribution in [2.75, 3.05) is 18.6 Å². The molecule has 1 aliphatic heterocycles. The summed E-state index contributed by atoms with van der Waals surface area (Å²) in [5, 5.41) is 0. The van der Waals surface area contributed by atoms with Gasteiger partial charge in [-0.2, -0.15) is 0 Å². The van der Waals surface area contributed by atoms with Crippen LogP contribution in [0.4, 0.5) is 16.2 Å². The zero-order valence-electron chi connectivity index (χ0n) is 21.1. The molecule has 6 nitrogen and oxygen atoms in total. The van der Waals surface area contributed by atoms with Crippen molar-refractivity contribution in [3.63, 3.8) is 0 Å². The third-order valence-electron chi connectivity index (χ3n) is 6.46. The summed E-state index contributed by atoms with van der Waals surface area (Å²) in [6.45, 7) is 1.30. The van der Waals surface area contributed by atoms with Gasteiger partial charge in [-0.25, -0.2) is 9.69 Å². The van der Waals surface area contributed by atoms with Gasteiger partial charge in [0.1, 0.15) is 0 Å². The van der Waals surface area contributed by atoms with Crippen molar-refractivity contribution in [1.29, 1.82) is 0 Å². The SMILES string of the molecule is COc1cc(/C=C/C(=O)N2CCc3ccccc3C2)ccc1OC(=O)N(c1ccccc1)c1ccccc1. The monoisotopic (exact) mass is 504 g/mol. The van der Waals surface area contributed by atoms with E-state index in [1.807, 2.05) is 77.7 Å². The number of amides is 2. The summed E-state index contributed by atoms with van der Waals surface area (Å²) in [4.78, 5) is 29.5. The number of fused-ring (bicyclic) bond motifs is 1. The van der Waals surface area contributed by atoms with Crippen LogP contribution in [0.25, 0.3) is 6.08 Å². The summed E-state index contributed by atoms with van der Waals surface area (Å²) in [5.41, 5.74) is 4.61. The van der Waals surface area contributed by atoms with Gasteiger partial charge < -0.3 is 14.4 Å². The number of nitrogens with zero attached hydrogens (tertiary/aromatic N) is 2. The van der Waals surface area contributed by atoms with Crippen molar-refractivity contribution >= 4 is 29.5 Å². The van der Waals surface area contributed by atoms with Crippen LogP contribution >= 0.6 is 0 Å². The molecule has 4 aromatic rings. The molecular formula is C32H28N2O4. The van der Waals surface area contributed by atoms with Crippen LogP contribution in [0.3, 0.4) is 0 Å². The molecule has 4 aromatic carbocycles. The van der Waals surface area contributed by atoms with Crippen LogP contribution in [0.2, 0.25) is 0 Å². The lowest BCUT2D eigenvalue weighted by Gasteiger charge is -2.27. The van der Waals surface area contributed by atoms with Gasteiger partial charge in [0.15, 0.2) is 11.5 Å². The highest BCUT2D eigenvalue weighted by Crippen LogP contribution is 2.32. The zero-order chi connectivity index (χ0) is 26.3. The Balaban J connectivity index is 1.31. The topological polar surface area (TPSA) is 59.1 Å². The normalized spacial score (nSPS) is 12.6. The maximum Gasteiger partial charge on any atom is 0.424 e. The zero-order valence-corrected chi connectivity index (χ0v) is 21.1. The maximum atomic E-state index is 13.3. The van der Waals surface area contributed by atoms with Gasteiger partial charge in [0, 0.05) is 19.2 Å². The van der Waals surface area contributed by atoms with Crippen molar-refractivity contribution in [3.8, 4) is 11.5 Å². The molecule has 6 heteroatoms. The van der Waals surface area contributed by atoms with Gasteiger partial charge >= 0.3 is 6.09 Å². The molecule has 0 aromatic heterocycles. The summed E-state index contributed by atoms with van der Waals surface area (Å²) in [5.74, 6) is 0.627. The second kappa shape index (κ2) is 11.5. The molecule has 0 saturated carbocycles. The van der Waals surface area contributed by atoms with Crippen LogP contribution in [0.5, 0.6) is 11.5 Å². The average Bonchev–Trinajstić information content (AvgIpc) is 2.97. The summed E-state index contributed by atoms with van der Waals surface area (Å²) >= 11 is 0. The molecule has 0 N–H and O–H groups in total. The molecule has 0 bridgehead atoms. The van der Waals surface area contributed by atoms with Crippen LogP contribution in [0.15, 0.2) is 109 Å². The third kappa shape index (κ3) is 5.60. The smallest absolute Gasteiger partial charge is 0.424 e. The van der Waals surface area contributed by atoms with E-state index in [-0.39, 0.29) is 11.7 Å². The van der Waals surface area contributed by atoms with Crippen molar-refractivity contribution in [1.82, 2.24) is 4.90 Å². The number of anilines is 2. The molecule has 0 fully saturated rings. The Morgan fingerprint density at radius 1 is 0.789 bits per heavy atom. The second-order valence-corrected chi connectivity index (χ2v) is 8.90. The van der Waals surface area contributed by atoms with Gasteiger partial charge in [0.2, 0.25) is 5.91 Å². The minimum absolute atomic E-state index is 0.0460. The van der Waals surface area contributed by atoms with E-state index in [4.69, 9.17) is 9.47 Å². The van der Waals surface area contributed by atoms with E-state index in [9.17, 15) is 9.59 Å².